The van der Waals surface area contributed by atoms with Crippen LogP contribution in [-0.4, -0.2) is 32.4 Å². The number of hydrogen-bond donors (Lipinski definition) is 3. The lowest BCUT2D eigenvalue weighted by molar-refractivity contribution is -0.117. The number of ether oxygens (including phenoxy) is 1. The largest absolute Gasteiger partial charge is 0.497 e. The number of rotatable bonds is 8. The molecule has 0 saturated carbocycles. The first-order valence-corrected chi connectivity index (χ1v) is 9.01. The van der Waals surface area contributed by atoms with Crippen LogP contribution in [0.15, 0.2) is 51.9 Å². The van der Waals surface area contributed by atoms with Crippen LogP contribution in [0.5, 0.6) is 5.75 Å². The van der Waals surface area contributed by atoms with Crippen molar-refractivity contribution >= 4 is 33.4 Å². The first-order valence-electron chi connectivity index (χ1n) is 8.22. The number of nitrogens with zero attached hydrogens (tertiary/aromatic N) is 1. The van der Waals surface area contributed by atoms with Crippen molar-refractivity contribution in [1.82, 2.24) is 5.32 Å². The minimum atomic E-state index is -0.258. The van der Waals surface area contributed by atoms with E-state index in [-0.39, 0.29) is 18.2 Å². The Morgan fingerprint density at radius 3 is 2.62 bits per heavy atom. The molecule has 0 radical (unpaired) electrons. The zero-order valence-corrected chi connectivity index (χ0v) is 16.5. The number of methoxy groups -OCH3 is 1. The molecule has 2 aromatic carbocycles. The number of nitrogens with two attached hydrogens (primary N) is 1. The lowest BCUT2D eigenvalue weighted by Crippen LogP contribution is -2.21. The third kappa shape index (κ3) is 5.57. The van der Waals surface area contributed by atoms with E-state index in [0.717, 1.165) is 21.5 Å². The second kappa shape index (κ2) is 9.94. The molecular weight excluding hydrogens is 396 g/mol. The number of benzene rings is 2. The summed E-state index contributed by atoms with van der Waals surface area (Å²) in [5.74, 6) is 0.768. The molecule has 6 nitrogen and oxygen atoms in total. The standard InChI is InChI=1S/C19H23BrN4O2/c1-22-18-15(4-3-5-16(18)20)19(21)24-17(25)10-11-23-12-13-6-8-14(26-2)9-7-13/h3-9,22-23H,10-12H2,1-2H3,(H2,21,24,25). The van der Waals surface area contributed by atoms with Gasteiger partial charge >= 0.3 is 0 Å². The second-order valence-corrected chi connectivity index (χ2v) is 6.43. The lowest BCUT2D eigenvalue weighted by atomic mass is 10.1. The Labute approximate surface area is 162 Å². The number of para-hydroxylation sites is 1. The van der Waals surface area contributed by atoms with E-state index in [9.17, 15) is 4.79 Å². The molecule has 2 rings (SSSR count). The maximum atomic E-state index is 12.1. The van der Waals surface area contributed by atoms with Crippen LogP contribution in [0.4, 0.5) is 5.69 Å². The van der Waals surface area contributed by atoms with Gasteiger partial charge in [0, 0.05) is 36.6 Å². The van der Waals surface area contributed by atoms with E-state index in [1.807, 2.05) is 42.5 Å². The molecule has 0 heterocycles. The number of carbonyl (C=O) groups excluding carboxylic acids is 1. The molecule has 0 aliphatic carbocycles. The summed E-state index contributed by atoms with van der Waals surface area (Å²) < 4.78 is 5.99. The highest BCUT2D eigenvalue weighted by Crippen LogP contribution is 2.25. The summed E-state index contributed by atoms with van der Waals surface area (Å²) in [6.07, 6.45) is 0.278. The van der Waals surface area contributed by atoms with Gasteiger partial charge in [-0.1, -0.05) is 18.2 Å². The molecule has 0 spiro atoms. The summed E-state index contributed by atoms with van der Waals surface area (Å²) in [5, 5.41) is 6.28. The van der Waals surface area contributed by atoms with Crippen LogP contribution in [0.2, 0.25) is 0 Å². The predicted octanol–water partition coefficient (Wildman–Crippen LogP) is 2.91. The summed E-state index contributed by atoms with van der Waals surface area (Å²) >= 11 is 3.45. The molecule has 26 heavy (non-hydrogen) atoms. The van der Waals surface area contributed by atoms with E-state index in [1.54, 1.807) is 14.2 Å². The third-order valence-corrected chi connectivity index (χ3v) is 4.45. The molecule has 0 aromatic heterocycles. The highest BCUT2D eigenvalue weighted by molar-refractivity contribution is 9.10. The van der Waals surface area contributed by atoms with E-state index in [1.165, 1.54) is 0 Å². The molecular formula is C19H23BrN4O2. The molecule has 4 N–H and O–H groups in total. The van der Waals surface area contributed by atoms with E-state index < -0.39 is 0 Å². The topological polar surface area (TPSA) is 88.7 Å². The highest BCUT2D eigenvalue weighted by Gasteiger charge is 2.10. The number of carbonyl (C=O) groups is 1. The number of anilines is 1. The van der Waals surface area contributed by atoms with E-state index in [4.69, 9.17) is 10.5 Å². The number of amidine groups is 1. The van der Waals surface area contributed by atoms with Gasteiger partial charge in [0.15, 0.2) is 0 Å². The number of amides is 1. The first-order chi connectivity index (χ1) is 12.5. The molecule has 138 valence electrons. The normalized spacial score (nSPS) is 11.3. The molecule has 0 aliphatic heterocycles. The van der Waals surface area contributed by atoms with Gasteiger partial charge in [-0.2, -0.15) is 4.99 Å². The van der Waals surface area contributed by atoms with Crippen LogP contribution in [-0.2, 0) is 11.3 Å². The van der Waals surface area contributed by atoms with Gasteiger partial charge in [0.2, 0.25) is 5.91 Å². The van der Waals surface area contributed by atoms with Gasteiger partial charge in [0.1, 0.15) is 11.6 Å². The van der Waals surface area contributed by atoms with E-state index in [0.29, 0.717) is 18.7 Å². The molecule has 0 unspecified atom stereocenters. The predicted molar refractivity (Wildman–Crippen MR) is 109 cm³/mol. The Morgan fingerprint density at radius 1 is 1.23 bits per heavy atom. The van der Waals surface area contributed by atoms with Crippen molar-refractivity contribution in [2.75, 3.05) is 26.0 Å². The number of nitrogens with one attached hydrogen (secondary N) is 2. The van der Waals surface area contributed by atoms with Crippen LogP contribution in [0, 0.1) is 0 Å². The fraction of sp³-hybridized carbons (Fsp3) is 0.263. The van der Waals surface area contributed by atoms with Gasteiger partial charge in [0.25, 0.3) is 0 Å². The molecule has 1 amide bonds. The summed E-state index contributed by atoms with van der Waals surface area (Å²) in [6, 6.07) is 13.4. The van der Waals surface area contributed by atoms with Crippen molar-refractivity contribution in [2.45, 2.75) is 13.0 Å². The van der Waals surface area contributed by atoms with Crippen LogP contribution < -0.4 is 21.1 Å². The Hall–Kier alpha value is -2.38. The third-order valence-electron chi connectivity index (χ3n) is 3.79. The van der Waals surface area contributed by atoms with Crippen LogP contribution >= 0.6 is 15.9 Å². The Balaban J connectivity index is 1.85. The summed E-state index contributed by atoms with van der Waals surface area (Å²) in [6.45, 7) is 1.20. The van der Waals surface area contributed by atoms with Crippen LogP contribution in [0.25, 0.3) is 0 Å². The highest BCUT2D eigenvalue weighted by atomic mass is 79.9. The SMILES string of the molecule is CNc1c(Br)cccc1C(N)=NC(=O)CCNCc1ccc(OC)cc1. The van der Waals surface area contributed by atoms with Crippen molar-refractivity contribution in [3.05, 3.63) is 58.1 Å². The minimum Gasteiger partial charge on any atom is -0.497 e. The molecule has 0 bridgehead atoms. The monoisotopic (exact) mass is 418 g/mol. The molecule has 7 heteroatoms. The molecule has 0 atom stereocenters. The van der Waals surface area contributed by atoms with E-state index >= 15 is 0 Å². The molecule has 0 saturated heterocycles. The van der Waals surface area contributed by atoms with Gasteiger partial charge in [-0.25, -0.2) is 0 Å². The Kier molecular flexibility index (Phi) is 7.62. The lowest BCUT2D eigenvalue weighted by Gasteiger charge is -2.10. The fourth-order valence-corrected chi connectivity index (χ4v) is 2.98. The number of hydrogen-bond acceptors (Lipinski definition) is 4. The maximum absolute atomic E-state index is 12.1. The van der Waals surface area contributed by atoms with Crippen molar-refractivity contribution < 1.29 is 9.53 Å². The Morgan fingerprint density at radius 2 is 1.96 bits per heavy atom. The zero-order valence-electron chi connectivity index (χ0n) is 14.9. The first kappa shape index (κ1) is 19.9. The second-order valence-electron chi connectivity index (χ2n) is 5.58. The molecule has 0 aliphatic rings. The fourth-order valence-electron chi connectivity index (χ4n) is 2.41. The van der Waals surface area contributed by atoms with Crippen molar-refractivity contribution in [2.24, 2.45) is 10.7 Å². The summed E-state index contributed by atoms with van der Waals surface area (Å²) in [5.41, 5.74) is 8.62. The number of halogens is 1. The molecule has 0 fully saturated rings. The molecule has 2 aromatic rings. The maximum Gasteiger partial charge on any atom is 0.248 e. The van der Waals surface area contributed by atoms with Crippen LogP contribution in [0.3, 0.4) is 0 Å². The zero-order chi connectivity index (χ0) is 18.9. The minimum absolute atomic E-state index is 0.204. The number of aliphatic imine (C=N–C) groups is 1. The average molecular weight is 419 g/mol. The average Bonchev–Trinajstić information content (AvgIpc) is 2.65. The van der Waals surface area contributed by atoms with Crippen molar-refractivity contribution in [3.63, 3.8) is 0 Å². The quantitative estimate of drug-likeness (QED) is 0.348. The van der Waals surface area contributed by atoms with Gasteiger partial charge in [-0.05, 0) is 45.8 Å². The van der Waals surface area contributed by atoms with Crippen LogP contribution in [0.1, 0.15) is 17.5 Å². The van der Waals surface area contributed by atoms with Gasteiger partial charge in [-0.3, -0.25) is 4.79 Å². The van der Waals surface area contributed by atoms with Gasteiger partial charge in [-0.15, -0.1) is 0 Å². The summed E-state index contributed by atoms with van der Waals surface area (Å²) in [7, 11) is 3.43. The van der Waals surface area contributed by atoms with Gasteiger partial charge < -0.3 is 21.1 Å². The van der Waals surface area contributed by atoms with Gasteiger partial charge in [0.05, 0.1) is 12.8 Å². The Bertz CT molecular complexity index is 776. The van der Waals surface area contributed by atoms with Crippen molar-refractivity contribution in [1.29, 1.82) is 0 Å². The summed E-state index contributed by atoms with van der Waals surface area (Å²) in [4.78, 5) is 16.1. The smallest absolute Gasteiger partial charge is 0.248 e. The van der Waals surface area contributed by atoms with Crippen molar-refractivity contribution in [3.8, 4) is 5.75 Å². The van der Waals surface area contributed by atoms with E-state index in [2.05, 4.69) is 31.6 Å².